The molecule has 0 saturated carbocycles. The molecule has 0 amide bonds. The number of alkyl halides is 3. The van der Waals surface area contributed by atoms with E-state index in [-0.39, 0.29) is 9.52 Å². The molecule has 0 rings (SSSR count). The maximum Gasteiger partial charge on any atom is 0.334 e. The van der Waals surface area contributed by atoms with Crippen molar-refractivity contribution in [2.24, 2.45) is 0 Å². The van der Waals surface area contributed by atoms with Gasteiger partial charge in [-0.3, -0.25) is 0 Å². The van der Waals surface area contributed by atoms with Gasteiger partial charge in [0, 0.05) is 0 Å². The second-order valence-electron chi connectivity index (χ2n) is 1.59. The lowest BCUT2D eigenvalue weighted by atomic mass is 10.7. The average molecular weight is 349 g/mol. The fourth-order valence-electron chi connectivity index (χ4n) is 0.107. The van der Waals surface area contributed by atoms with Gasteiger partial charge in [0.1, 0.15) is 4.49 Å². The fraction of sp³-hybridized carbons (Fsp3) is 0.200. The number of halogens is 10. The van der Waals surface area contributed by atoms with Gasteiger partial charge in [0.05, 0.1) is 5.03 Å². The van der Waals surface area contributed by atoms with E-state index in [1.807, 2.05) is 0 Å². The summed E-state index contributed by atoms with van der Waals surface area (Å²) in [6.45, 7) is 0. The molecule has 0 aliphatic rings. The third-order valence-corrected chi connectivity index (χ3v) is 2.46. The molecular weight excluding hydrogens is 349 g/mol. The summed E-state index contributed by atoms with van der Waals surface area (Å²) in [5, 5.41) is -0.198. The normalized spacial score (nSPS) is 10.0. The summed E-state index contributed by atoms with van der Waals surface area (Å²) in [4.78, 5) is 0. The zero-order valence-electron chi connectivity index (χ0n) is 6.28. The first-order chi connectivity index (χ1) is 6.50. The quantitative estimate of drug-likeness (QED) is 0.359. The number of hydrogen-bond acceptors (Lipinski definition) is 0. The first-order valence-electron chi connectivity index (χ1n) is 2.64. The number of allylic oxidation sites excluding steroid dienone is 1. The summed E-state index contributed by atoms with van der Waals surface area (Å²) in [5.74, 6) is 0. The van der Waals surface area contributed by atoms with E-state index in [0.29, 0.717) is 0 Å². The Balaban J connectivity index is 0. The molecule has 90 valence electrons. The van der Waals surface area contributed by atoms with Crippen LogP contribution in [0.2, 0.25) is 0 Å². The molecule has 0 aromatic carbocycles. The lowest BCUT2D eigenvalue weighted by Gasteiger charge is -2.07. The molecule has 0 aromatic heterocycles. The third-order valence-electron chi connectivity index (χ3n) is 0.558. The van der Waals surface area contributed by atoms with Crippen LogP contribution in [0.1, 0.15) is 0 Å². The minimum absolute atomic E-state index is 0.198. The Morgan fingerprint density at radius 1 is 0.733 bits per heavy atom. The molecular formula is C5Cl6F4. The molecule has 0 aliphatic carbocycles. The maximum atomic E-state index is 10.3. The zero-order valence-corrected chi connectivity index (χ0v) is 10.8. The van der Waals surface area contributed by atoms with Crippen molar-refractivity contribution < 1.29 is 17.6 Å². The van der Waals surface area contributed by atoms with Gasteiger partial charge in [0.2, 0.25) is 3.79 Å². The molecule has 0 N–H and O–H groups in total. The van der Waals surface area contributed by atoms with Crippen molar-refractivity contribution in [2.75, 3.05) is 0 Å². The topological polar surface area (TPSA) is 0 Å². The van der Waals surface area contributed by atoms with Gasteiger partial charge in [-0.2, -0.15) is 17.6 Å². The van der Waals surface area contributed by atoms with Crippen molar-refractivity contribution in [1.82, 2.24) is 0 Å². The Morgan fingerprint density at radius 2 is 1.00 bits per heavy atom. The van der Waals surface area contributed by atoms with E-state index in [2.05, 4.69) is 0 Å². The van der Waals surface area contributed by atoms with Crippen molar-refractivity contribution in [3.8, 4) is 0 Å². The van der Waals surface area contributed by atoms with Crippen LogP contribution in [0.3, 0.4) is 0 Å². The lowest BCUT2D eigenvalue weighted by molar-refractivity contribution is 0.308. The Bertz CT molecular complexity index is 245. The lowest BCUT2D eigenvalue weighted by Crippen LogP contribution is -2.01. The molecule has 0 fully saturated rings. The van der Waals surface area contributed by atoms with Crippen LogP contribution in [-0.2, 0) is 0 Å². The standard InChI is InChI=1S/C3Cl6.C2F4/c4-1(2(5)6)3(7,8)9;3-1(4)2(5)6. The Morgan fingerprint density at radius 3 is 1.00 bits per heavy atom. The molecule has 0 spiro atoms. The minimum Gasteiger partial charge on any atom is -0.167 e. The van der Waals surface area contributed by atoms with Gasteiger partial charge < -0.3 is 0 Å². The van der Waals surface area contributed by atoms with Gasteiger partial charge in [0.25, 0.3) is 0 Å². The molecule has 0 bridgehead atoms. The summed E-state index contributed by atoms with van der Waals surface area (Å²) in [7, 11) is 0. The highest BCUT2D eigenvalue weighted by Gasteiger charge is 2.26. The molecule has 0 heterocycles. The highest BCUT2D eigenvalue weighted by atomic mass is 35.6. The van der Waals surface area contributed by atoms with Gasteiger partial charge in [-0.05, 0) is 0 Å². The SMILES string of the molecule is ClC(Cl)=C(Cl)C(Cl)(Cl)Cl.FC(F)=C(F)F. The van der Waals surface area contributed by atoms with Crippen LogP contribution < -0.4 is 0 Å². The van der Waals surface area contributed by atoms with E-state index in [1.165, 1.54) is 0 Å². The molecule has 0 saturated heterocycles. The van der Waals surface area contributed by atoms with Gasteiger partial charge >= 0.3 is 12.2 Å². The van der Waals surface area contributed by atoms with Crippen LogP contribution in [0.4, 0.5) is 17.6 Å². The minimum atomic E-state index is -2.91. The molecule has 0 radical (unpaired) electrons. The van der Waals surface area contributed by atoms with Crippen molar-refractivity contribution in [3.05, 3.63) is 21.7 Å². The van der Waals surface area contributed by atoms with E-state index in [4.69, 9.17) is 69.6 Å². The van der Waals surface area contributed by atoms with Gasteiger partial charge in [-0.15, -0.1) is 0 Å². The Labute approximate surface area is 112 Å². The summed E-state index contributed by atoms with van der Waals surface area (Å²) in [6.07, 6.45) is -5.81. The van der Waals surface area contributed by atoms with E-state index in [0.717, 1.165) is 0 Å². The molecule has 0 aliphatic heterocycles. The van der Waals surface area contributed by atoms with E-state index in [9.17, 15) is 17.6 Å². The first-order valence-corrected chi connectivity index (χ1v) is 4.91. The fourth-order valence-corrected chi connectivity index (χ4v) is 0.964. The predicted octanol–water partition coefficient (Wildman–Crippen LogP) is 6.23. The van der Waals surface area contributed by atoms with Crippen LogP contribution in [0, 0.1) is 0 Å². The van der Waals surface area contributed by atoms with Crippen LogP contribution in [0.15, 0.2) is 21.7 Å². The van der Waals surface area contributed by atoms with Gasteiger partial charge in [-0.1, -0.05) is 69.6 Å². The summed E-state index contributed by atoms with van der Waals surface area (Å²) in [6, 6.07) is 0. The molecule has 15 heavy (non-hydrogen) atoms. The molecule has 0 aromatic rings. The Hall–Kier alpha value is 0.940. The predicted molar refractivity (Wildman–Crippen MR) is 56.3 cm³/mol. The van der Waals surface area contributed by atoms with Crippen molar-refractivity contribution in [1.29, 1.82) is 0 Å². The van der Waals surface area contributed by atoms with Crippen molar-refractivity contribution in [3.63, 3.8) is 0 Å². The second kappa shape index (κ2) is 8.09. The van der Waals surface area contributed by atoms with Crippen LogP contribution in [0.5, 0.6) is 0 Å². The van der Waals surface area contributed by atoms with E-state index in [1.54, 1.807) is 0 Å². The molecule has 10 heteroatoms. The van der Waals surface area contributed by atoms with Crippen molar-refractivity contribution >= 4 is 69.6 Å². The van der Waals surface area contributed by atoms with E-state index < -0.39 is 16.0 Å². The number of hydrogen-bond donors (Lipinski definition) is 0. The highest BCUT2D eigenvalue weighted by molar-refractivity contribution is 6.75. The first kappa shape index (κ1) is 18.3. The smallest absolute Gasteiger partial charge is 0.167 e. The van der Waals surface area contributed by atoms with E-state index >= 15 is 0 Å². The second-order valence-corrected chi connectivity index (χ2v) is 5.20. The molecule has 0 nitrogen and oxygen atoms in total. The monoisotopic (exact) mass is 346 g/mol. The Kier molecular flexibility index (Phi) is 9.88. The van der Waals surface area contributed by atoms with Crippen LogP contribution in [0.25, 0.3) is 0 Å². The third kappa shape index (κ3) is 11.2. The van der Waals surface area contributed by atoms with Gasteiger partial charge in [0.15, 0.2) is 0 Å². The summed E-state index contributed by atoms with van der Waals surface area (Å²) < 4.78 is 39.2. The largest absolute Gasteiger partial charge is 0.334 e. The average Bonchev–Trinajstić information content (AvgIpc) is 2.02. The van der Waals surface area contributed by atoms with Crippen LogP contribution in [-0.4, -0.2) is 3.79 Å². The maximum absolute atomic E-state index is 10.3. The summed E-state index contributed by atoms with van der Waals surface area (Å²) in [5.41, 5.74) is 0. The number of rotatable bonds is 0. The zero-order chi connectivity index (χ0) is 12.8. The molecule has 0 atom stereocenters. The highest BCUT2D eigenvalue weighted by Crippen LogP contribution is 2.40. The molecule has 0 unspecified atom stereocenters. The van der Waals surface area contributed by atoms with Crippen LogP contribution >= 0.6 is 69.6 Å². The van der Waals surface area contributed by atoms with Crippen molar-refractivity contribution in [2.45, 2.75) is 3.79 Å². The van der Waals surface area contributed by atoms with Gasteiger partial charge in [-0.25, -0.2) is 0 Å². The summed E-state index contributed by atoms with van der Waals surface area (Å²) >= 11 is 31.4.